The molecule has 0 fully saturated rings. The van der Waals surface area contributed by atoms with Gasteiger partial charge in [-0.05, 0) is 104 Å². The third-order valence-corrected chi connectivity index (χ3v) is 5.87. The van der Waals surface area contributed by atoms with Gasteiger partial charge in [-0.1, -0.05) is 40.0 Å². The molecule has 0 spiro atoms. The summed E-state index contributed by atoms with van der Waals surface area (Å²) >= 11 is 0. The molecule has 0 heterocycles. The van der Waals surface area contributed by atoms with Gasteiger partial charge in [0.15, 0.2) is 0 Å². The molecular formula is C26H38O2. The molecule has 2 nitrogen and oxygen atoms in total. The zero-order chi connectivity index (χ0) is 20.7. The van der Waals surface area contributed by atoms with E-state index in [4.69, 9.17) is 0 Å². The van der Waals surface area contributed by atoms with Gasteiger partial charge in [0, 0.05) is 5.92 Å². The highest BCUT2D eigenvalue weighted by Gasteiger charge is 2.23. The van der Waals surface area contributed by atoms with Crippen LogP contribution in [0.1, 0.15) is 98.6 Å². The number of phenols is 2. The van der Waals surface area contributed by atoms with E-state index in [9.17, 15) is 10.2 Å². The lowest BCUT2D eigenvalue weighted by molar-refractivity contribution is 0.471. The maximum absolute atomic E-state index is 10.4. The number of rotatable bonds is 10. The summed E-state index contributed by atoms with van der Waals surface area (Å²) in [5.41, 5.74) is 7.60. The molecule has 0 unspecified atom stereocenters. The van der Waals surface area contributed by atoms with Crippen molar-refractivity contribution in [1.82, 2.24) is 0 Å². The predicted octanol–water partition coefficient (Wildman–Crippen LogP) is 7.33. The third kappa shape index (κ3) is 5.31. The van der Waals surface area contributed by atoms with E-state index in [0.29, 0.717) is 11.5 Å². The second-order valence-electron chi connectivity index (χ2n) is 8.21. The summed E-state index contributed by atoms with van der Waals surface area (Å²) in [5.74, 6) is 0.905. The Balaban J connectivity index is 2.67. The van der Waals surface area contributed by atoms with Crippen LogP contribution in [-0.2, 0) is 12.8 Å². The van der Waals surface area contributed by atoms with Gasteiger partial charge >= 0.3 is 0 Å². The molecule has 2 N–H and O–H groups in total. The van der Waals surface area contributed by atoms with Crippen molar-refractivity contribution in [2.75, 3.05) is 0 Å². The summed E-state index contributed by atoms with van der Waals surface area (Å²) < 4.78 is 0. The lowest BCUT2D eigenvalue weighted by Gasteiger charge is -2.26. The van der Waals surface area contributed by atoms with Gasteiger partial charge in [0.05, 0.1) is 0 Å². The number of aryl methyl sites for hydroxylation is 2. The maximum Gasteiger partial charge on any atom is 0.116 e. The molecule has 0 aromatic heterocycles. The molecule has 28 heavy (non-hydrogen) atoms. The topological polar surface area (TPSA) is 40.5 Å². The summed E-state index contributed by atoms with van der Waals surface area (Å²) in [4.78, 5) is 0. The van der Waals surface area contributed by atoms with Crippen LogP contribution in [0.2, 0.25) is 0 Å². The molecule has 2 aromatic rings. The second-order valence-corrected chi connectivity index (χ2v) is 8.21. The van der Waals surface area contributed by atoms with Gasteiger partial charge in [0.25, 0.3) is 0 Å². The summed E-state index contributed by atoms with van der Waals surface area (Å²) in [6.07, 6.45) is 8.79. The third-order valence-electron chi connectivity index (χ3n) is 5.87. The molecule has 0 aliphatic rings. The van der Waals surface area contributed by atoms with E-state index in [1.54, 1.807) is 0 Å². The summed E-state index contributed by atoms with van der Waals surface area (Å²) in [7, 11) is 0. The first-order valence-electron chi connectivity index (χ1n) is 11.1. The minimum Gasteiger partial charge on any atom is -0.508 e. The van der Waals surface area contributed by atoms with Gasteiger partial charge in [-0.3, -0.25) is 0 Å². The molecule has 0 aliphatic heterocycles. The molecule has 2 heteroatoms. The highest BCUT2D eigenvalue weighted by Crippen LogP contribution is 2.40. The molecule has 0 radical (unpaired) electrons. The summed E-state index contributed by atoms with van der Waals surface area (Å²) in [5, 5.41) is 20.8. The number of hydrogen-bond donors (Lipinski definition) is 2. The molecule has 0 atom stereocenters. The number of phenolic OH excluding ortho intramolecular Hbond substituents is 2. The van der Waals surface area contributed by atoms with Gasteiger partial charge in [-0.25, -0.2) is 0 Å². The van der Waals surface area contributed by atoms with Crippen LogP contribution in [0, 0.1) is 13.8 Å². The quantitative estimate of drug-likeness (QED) is 0.451. The van der Waals surface area contributed by atoms with Crippen LogP contribution in [0.25, 0.3) is 0 Å². The van der Waals surface area contributed by atoms with Crippen molar-refractivity contribution < 1.29 is 10.2 Å². The van der Waals surface area contributed by atoms with E-state index < -0.39 is 0 Å². The lowest BCUT2D eigenvalue weighted by atomic mass is 9.79. The highest BCUT2D eigenvalue weighted by molar-refractivity contribution is 5.51. The molecule has 0 saturated carbocycles. The minimum absolute atomic E-state index is 0.209. The Morgan fingerprint density at radius 1 is 0.679 bits per heavy atom. The molecule has 2 aromatic carbocycles. The smallest absolute Gasteiger partial charge is 0.116 e. The molecule has 2 rings (SSSR count). The Kier molecular flexibility index (Phi) is 8.41. The Hall–Kier alpha value is -1.96. The Labute approximate surface area is 171 Å². The fourth-order valence-electron chi connectivity index (χ4n) is 4.43. The van der Waals surface area contributed by atoms with Crippen LogP contribution in [0.5, 0.6) is 11.5 Å². The van der Waals surface area contributed by atoms with Crippen molar-refractivity contribution in [2.45, 2.75) is 91.9 Å². The minimum atomic E-state index is 0.209. The van der Waals surface area contributed by atoms with Crippen molar-refractivity contribution in [1.29, 1.82) is 0 Å². The van der Waals surface area contributed by atoms with Gasteiger partial charge in [-0.2, -0.15) is 0 Å². The SMILES string of the molecule is CCCCc1c(C)cc(O)cc1C(CCC)c1cc(O)cc(C)c1CCCC. The van der Waals surface area contributed by atoms with Gasteiger partial charge < -0.3 is 10.2 Å². The molecule has 0 saturated heterocycles. The van der Waals surface area contributed by atoms with Crippen molar-refractivity contribution >= 4 is 0 Å². The molecular weight excluding hydrogens is 344 g/mol. The van der Waals surface area contributed by atoms with E-state index in [-0.39, 0.29) is 5.92 Å². The summed E-state index contributed by atoms with van der Waals surface area (Å²) in [6.45, 7) is 10.9. The van der Waals surface area contributed by atoms with Gasteiger partial charge in [-0.15, -0.1) is 0 Å². The first-order valence-corrected chi connectivity index (χ1v) is 11.1. The Morgan fingerprint density at radius 3 is 1.46 bits per heavy atom. The van der Waals surface area contributed by atoms with Crippen LogP contribution >= 0.6 is 0 Å². The van der Waals surface area contributed by atoms with E-state index in [0.717, 1.165) is 51.4 Å². The molecule has 0 amide bonds. The van der Waals surface area contributed by atoms with Crippen LogP contribution in [0.4, 0.5) is 0 Å². The molecule has 0 bridgehead atoms. The first kappa shape index (κ1) is 22.3. The Morgan fingerprint density at radius 2 is 1.11 bits per heavy atom. The van der Waals surface area contributed by atoms with E-state index in [1.165, 1.54) is 33.4 Å². The lowest BCUT2D eigenvalue weighted by Crippen LogP contribution is -2.10. The predicted molar refractivity (Wildman–Crippen MR) is 120 cm³/mol. The Bertz CT molecular complexity index is 713. The number of aromatic hydroxyl groups is 2. The van der Waals surface area contributed by atoms with E-state index in [2.05, 4.69) is 34.6 Å². The van der Waals surface area contributed by atoms with E-state index >= 15 is 0 Å². The fraction of sp³-hybridized carbons (Fsp3) is 0.538. The van der Waals surface area contributed by atoms with Crippen molar-refractivity contribution in [3.05, 3.63) is 57.6 Å². The van der Waals surface area contributed by atoms with Gasteiger partial charge in [0.1, 0.15) is 11.5 Å². The normalized spacial score (nSPS) is 11.4. The number of hydrogen-bond acceptors (Lipinski definition) is 2. The first-order chi connectivity index (χ1) is 13.4. The van der Waals surface area contributed by atoms with Crippen LogP contribution in [0.3, 0.4) is 0 Å². The standard InChI is InChI=1S/C26H38O2/c1-6-9-12-22-18(4)14-20(27)16-25(22)24(11-8-3)26-17-21(28)15-19(5)23(26)13-10-7-2/h14-17,24,27-28H,6-13H2,1-5H3. The number of benzene rings is 2. The second kappa shape index (κ2) is 10.5. The molecule has 154 valence electrons. The zero-order valence-electron chi connectivity index (χ0n) is 18.4. The van der Waals surface area contributed by atoms with E-state index in [1.807, 2.05) is 24.3 Å². The highest BCUT2D eigenvalue weighted by atomic mass is 16.3. The van der Waals surface area contributed by atoms with Crippen LogP contribution in [-0.4, -0.2) is 10.2 Å². The zero-order valence-corrected chi connectivity index (χ0v) is 18.4. The maximum atomic E-state index is 10.4. The van der Waals surface area contributed by atoms with Crippen molar-refractivity contribution in [3.63, 3.8) is 0 Å². The monoisotopic (exact) mass is 382 g/mol. The average molecular weight is 383 g/mol. The van der Waals surface area contributed by atoms with Crippen molar-refractivity contribution in [3.8, 4) is 11.5 Å². The number of unbranched alkanes of at least 4 members (excludes halogenated alkanes) is 2. The van der Waals surface area contributed by atoms with Crippen molar-refractivity contribution in [2.24, 2.45) is 0 Å². The molecule has 0 aliphatic carbocycles. The largest absolute Gasteiger partial charge is 0.508 e. The van der Waals surface area contributed by atoms with Crippen LogP contribution < -0.4 is 0 Å². The fourth-order valence-corrected chi connectivity index (χ4v) is 4.43. The summed E-state index contributed by atoms with van der Waals surface area (Å²) in [6, 6.07) is 7.73. The average Bonchev–Trinajstić information content (AvgIpc) is 2.64. The van der Waals surface area contributed by atoms with Gasteiger partial charge in [0.2, 0.25) is 0 Å². The van der Waals surface area contributed by atoms with Crippen LogP contribution in [0.15, 0.2) is 24.3 Å².